The van der Waals surface area contributed by atoms with Crippen molar-refractivity contribution in [3.8, 4) is 0 Å². The van der Waals surface area contributed by atoms with Crippen molar-refractivity contribution < 1.29 is 4.79 Å². The van der Waals surface area contributed by atoms with Crippen LogP contribution >= 0.6 is 0 Å². The molecule has 0 fully saturated rings. The van der Waals surface area contributed by atoms with E-state index < -0.39 is 0 Å². The maximum Gasteiger partial charge on any atom is 0.280 e. The molecule has 0 atom stereocenters. The number of anilines is 2. The number of carbonyl (C=O) groups excluding carboxylic acids is 1. The summed E-state index contributed by atoms with van der Waals surface area (Å²) < 4.78 is 1.55. The highest BCUT2D eigenvalue weighted by atomic mass is 16.2. The maximum absolute atomic E-state index is 12.5. The molecule has 26 heavy (non-hydrogen) atoms. The number of carbonyl (C=O) groups is 1. The molecular weight excluding hydrogens is 326 g/mol. The summed E-state index contributed by atoms with van der Waals surface area (Å²) in [6.45, 7) is 8.58. The number of hydrogen-bond donors (Lipinski definition) is 2. The van der Waals surface area contributed by atoms with Gasteiger partial charge in [-0.3, -0.25) is 4.79 Å². The molecule has 3 N–H and O–H groups in total. The Balaban J connectivity index is 1.80. The van der Waals surface area contributed by atoms with Gasteiger partial charge in [-0.25, -0.2) is 4.68 Å². The smallest absolute Gasteiger partial charge is 0.280 e. The van der Waals surface area contributed by atoms with E-state index in [9.17, 15) is 4.79 Å². The van der Waals surface area contributed by atoms with Gasteiger partial charge in [-0.2, -0.15) is 0 Å². The number of hydrogen-bond acceptors (Lipinski definition) is 4. The van der Waals surface area contributed by atoms with Gasteiger partial charge in [-0.1, -0.05) is 35.0 Å². The third-order valence-electron chi connectivity index (χ3n) is 4.58. The lowest BCUT2D eigenvalue weighted by molar-refractivity contribution is 0.102. The van der Waals surface area contributed by atoms with Crippen LogP contribution < -0.4 is 11.1 Å². The second-order valence-electron chi connectivity index (χ2n) is 6.66. The summed E-state index contributed by atoms with van der Waals surface area (Å²) in [4.78, 5) is 12.5. The number of nitrogen functional groups attached to an aromatic ring is 1. The molecule has 3 rings (SSSR count). The molecule has 0 saturated carbocycles. The van der Waals surface area contributed by atoms with E-state index in [1.165, 1.54) is 5.56 Å². The third-order valence-corrected chi connectivity index (χ3v) is 4.58. The minimum Gasteiger partial charge on any atom is -0.382 e. The number of benzene rings is 2. The fourth-order valence-electron chi connectivity index (χ4n) is 2.74. The zero-order chi connectivity index (χ0) is 18.8. The first-order valence-corrected chi connectivity index (χ1v) is 8.49. The highest BCUT2D eigenvalue weighted by Crippen LogP contribution is 2.18. The molecule has 6 nitrogen and oxygen atoms in total. The van der Waals surface area contributed by atoms with Crippen molar-refractivity contribution in [2.45, 2.75) is 34.2 Å². The molecule has 1 amide bonds. The van der Waals surface area contributed by atoms with Crippen molar-refractivity contribution in [1.29, 1.82) is 0 Å². The summed E-state index contributed by atoms with van der Waals surface area (Å²) in [7, 11) is 0. The fraction of sp³-hybridized carbons (Fsp3) is 0.250. The molecule has 0 unspecified atom stereocenters. The van der Waals surface area contributed by atoms with E-state index in [0.29, 0.717) is 12.2 Å². The Morgan fingerprint density at radius 3 is 2.50 bits per heavy atom. The van der Waals surface area contributed by atoms with E-state index in [1.54, 1.807) is 4.68 Å². The van der Waals surface area contributed by atoms with Gasteiger partial charge in [0.25, 0.3) is 5.91 Å². The van der Waals surface area contributed by atoms with Crippen LogP contribution in [0.2, 0.25) is 0 Å². The van der Waals surface area contributed by atoms with Gasteiger partial charge in [-0.05, 0) is 62.1 Å². The highest BCUT2D eigenvalue weighted by molar-refractivity contribution is 6.05. The lowest BCUT2D eigenvalue weighted by atomic mass is 10.1. The Kier molecular flexibility index (Phi) is 4.75. The molecule has 0 aliphatic rings. The second-order valence-corrected chi connectivity index (χ2v) is 6.66. The summed E-state index contributed by atoms with van der Waals surface area (Å²) in [6, 6.07) is 12.0. The first-order chi connectivity index (χ1) is 12.3. The van der Waals surface area contributed by atoms with Gasteiger partial charge >= 0.3 is 0 Å². The molecule has 0 aliphatic carbocycles. The van der Waals surface area contributed by atoms with Crippen LogP contribution in [0.4, 0.5) is 11.5 Å². The normalized spacial score (nSPS) is 10.8. The van der Waals surface area contributed by atoms with E-state index in [2.05, 4.69) is 33.8 Å². The Hall–Kier alpha value is -3.15. The van der Waals surface area contributed by atoms with Crippen LogP contribution in [0.15, 0.2) is 36.4 Å². The van der Waals surface area contributed by atoms with Crippen LogP contribution in [-0.2, 0) is 6.54 Å². The number of aromatic nitrogens is 3. The molecule has 1 heterocycles. The van der Waals surface area contributed by atoms with Crippen molar-refractivity contribution in [2.75, 3.05) is 11.1 Å². The minimum absolute atomic E-state index is 0.133. The zero-order valence-corrected chi connectivity index (χ0v) is 15.5. The van der Waals surface area contributed by atoms with Crippen molar-refractivity contribution in [3.63, 3.8) is 0 Å². The van der Waals surface area contributed by atoms with Crippen LogP contribution in [-0.4, -0.2) is 20.9 Å². The molecule has 6 heteroatoms. The Morgan fingerprint density at radius 1 is 1.04 bits per heavy atom. The van der Waals surface area contributed by atoms with E-state index in [1.807, 2.05) is 45.9 Å². The molecule has 1 aromatic heterocycles. The topological polar surface area (TPSA) is 85.8 Å². The zero-order valence-electron chi connectivity index (χ0n) is 15.5. The average Bonchev–Trinajstić information content (AvgIpc) is 2.95. The van der Waals surface area contributed by atoms with Crippen LogP contribution in [0.3, 0.4) is 0 Å². The van der Waals surface area contributed by atoms with Crippen molar-refractivity contribution in [1.82, 2.24) is 15.0 Å². The monoisotopic (exact) mass is 349 g/mol. The highest BCUT2D eigenvalue weighted by Gasteiger charge is 2.18. The SMILES string of the molecule is Cc1ccc(C)c(Cn2nnc(C(=O)Nc3ccc(C)c(C)c3)c2N)c1. The van der Waals surface area contributed by atoms with Crippen LogP contribution in [0.1, 0.15) is 38.3 Å². The molecule has 0 radical (unpaired) electrons. The predicted molar refractivity (Wildman–Crippen MR) is 103 cm³/mol. The molecular formula is C20H23N5O. The molecule has 0 bridgehead atoms. The molecule has 0 aliphatic heterocycles. The average molecular weight is 349 g/mol. The van der Waals surface area contributed by atoms with Crippen molar-refractivity contribution in [3.05, 3.63) is 69.9 Å². The Morgan fingerprint density at radius 2 is 1.77 bits per heavy atom. The van der Waals surface area contributed by atoms with Crippen LogP contribution in [0.25, 0.3) is 0 Å². The summed E-state index contributed by atoms with van der Waals surface area (Å²) in [5.74, 6) is -0.106. The number of nitrogens with zero attached hydrogens (tertiary/aromatic N) is 3. The van der Waals surface area contributed by atoms with Gasteiger partial charge in [0.1, 0.15) is 0 Å². The quantitative estimate of drug-likeness (QED) is 0.756. The number of amides is 1. The number of nitrogens with one attached hydrogen (secondary N) is 1. The lowest BCUT2D eigenvalue weighted by Gasteiger charge is -2.09. The molecule has 0 spiro atoms. The standard InChI is InChI=1S/C20H23N5O/c1-12-5-6-14(3)16(9-12)11-25-19(21)18(23-24-25)20(26)22-17-8-7-13(2)15(4)10-17/h5-10H,11,21H2,1-4H3,(H,22,26). The van der Waals surface area contributed by atoms with E-state index in [0.717, 1.165) is 22.3 Å². The van der Waals surface area contributed by atoms with Gasteiger partial charge < -0.3 is 11.1 Å². The second kappa shape index (κ2) is 7.00. The van der Waals surface area contributed by atoms with Gasteiger partial charge in [0, 0.05) is 5.69 Å². The minimum atomic E-state index is -0.363. The maximum atomic E-state index is 12.5. The third kappa shape index (κ3) is 3.59. The molecule has 2 aromatic carbocycles. The van der Waals surface area contributed by atoms with E-state index >= 15 is 0 Å². The van der Waals surface area contributed by atoms with Crippen LogP contribution in [0, 0.1) is 27.7 Å². The first-order valence-electron chi connectivity index (χ1n) is 8.49. The number of aryl methyl sites for hydroxylation is 4. The van der Waals surface area contributed by atoms with Crippen molar-refractivity contribution >= 4 is 17.4 Å². The first kappa shape index (κ1) is 17.7. The molecule has 134 valence electrons. The summed E-state index contributed by atoms with van der Waals surface area (Å²) in [5.41, 5.74) is 12.7. The van der Waals surface area contributed by atoms with Crippen molar-refractivity contribution in [2.24, 2.45) is 0 Å². The molecule has 0 saturated heterocycles. The number of rotatable bonds is 4. The Labute approximate surface area is 153 Å². The van der Waals surface area contributed by atoms with E-state index in [-0.39, 0.29) is 17.4 Å². The lowest BCUT2D eigenvalue weighted by Crippen LogP contribution is -2.15. The van der Waals surface area contributed by atoms with Gasteiger partial charge in [-0.15, -0.1) is 5.10 Å². The molecule has 3 aromatic rings. The summed E-state index contributed by atoms with van der Waals surface area (Å²) >= 11 is 0. The van der Waals surface area contributed by atoms with Gasteiger partial charge in [0.05, 0.1) is 6.54 Å². The van der Waals surface area contributed by atoms with Crippen LogP contribution in [0.5, 0.6) is 0 Å². The predicted octanol–water partition coefficient (Wildman–Crippen LogP) is 3.39. The summed E-state index contributed by atoms with van der Waals surface area (Å²) in [5, 5.41) is 10.9. The van der Waals surface area contributed by atoms with E-state index in [4.69, 9.17) is 5.73 Å². The summed E-state index contributed by atoms with van der Waals surface area (Å²) in [6.07, 6.45) is 0. The fourth-order valence-corrected chi connectivity index (χ4v) is 2.74. The number of nitrogens with two attached hydrogens (primary N) is 1. The largest absolute Gasteiger partial charge is 0.382 e. The van der Waals surface area contributed by atoms with Gasteiger partial charge in [0.15, 0.2) is 11.5 Å². The Bertz CT molecular complexity index is 974. The van der Waals surface area contributed by atoms with Gasteiger partial charge in [0.2, 0.25) is 0 Å².